The first-order chi connectivity index (χ1) is 11.1. The second kappa shape index (κ2) is 7.49. The Balaban J connectivity index is 1.49. The van der Waals surface area contributed by atoms with E-state index in [0.717, 1.165) is 12.8 Å². The third-order valence-corrected chi connectivity index (χ3v) is 4.86. The average Bonchev–Trinajstić information content (AvgIpc) is 3.01. The number of carbonyl (C=O) groups is 1. The van der Waals surface area contributed by atoms with Crippen molar-refractivity contribution in [3.8, 4) is 5.75 Å². The van der Waals surface area contributed by atoms with E-state index in [2.05, 4.69) is 10.6 Å². The van der Waals surface area contributed by atoms with Gasteiger partial charge in [-0.3, -0.25) is 4.79 Å². The lowest BCUT2D eigenvalue weighted by Gasteiger charge is -2.24. The third kappa shape index (κ3) is 4.36. The van der Waals surface area contributed by atoms with E-state index >= 15 is 0 Å². The monoisotopic (exact) mass is 340 g/mol. The summed E-state index contributed by atoms with van der Waals surface area (Å²) in [4.78, 5) is 12.3. The molecular weight excluding hydrogens is 319 g/mol. The van der Waals surface area contributed by atoms with Crippen LogP contribution in [0.25, 0.3) is 0 Å². The largest absolute Gasteiger partial charge is 0.489 e. The Morgan fingerprint density at radius 3 is 2.83 bits per heavy atom. The molecule has 1 aliphatic heterocycles. The van der Waals surface area contributed by atoms with E-state index in [1.807, 2.05) is 0 Å². The van der Waals surface area contributed by atoms with E-state index in [-0.39, 0.29) is 23.1 Å². The maximum Gasteiger partial charge on any atom is 0.237 e. The molecule has 4 nitrogen and oxygen atoms in total. The van der Waals surface area contributed by atoms with Crippen LogP contribution >= 0.6 is 11.6 Å². The van der Waals surface area contributed by atoms with Crippen LogP contribution in [0.5, 0.6) is 5.75 Å². The minimum atomic E-state index is -0.498. The van der Waals surface area contributed by atoms with Gasteiger partial charge in [0.05, 0.1) is 11.1 Å². The highest BCUT2D eigenvalue weighted by Gasteiger charge is 2.32. The van der Waals surface area contributed by atoms with Crippen molar-refractivity contribution in [3.63, 3.8) is 0 Å². The molecule has 1 aliphatic carbocycles. The first-order valence-corrected chi connectivity index (χ1v) is 8.65. The number of benzene rings is 1. The fraction of sp³-hybridized carbons (Fsp3) is 0.588. The van der Waals surface area contributed by atoms with Crippen LogP contribution in [-0.4, -0.2) is 30.6 Å². The van der Waals surface area contributed by atoms with Crippen molar-refractivity contribution < 1.29 is 13.9 Å². The standard InChI is InChI=1S/C17H22ClFN2O2/c18-14-7-6-12(8-15(14)19)23-13-9-16(20-10-13)17(22)21-11-4-2-1-3-5-11/h6-8,11,13,16,20H,1-5,9-10H2,(H,21,22)/t13-,16-/m0/s1. The quantitative estimate of drug-likeness (QED) is 0.885. The Bertz CT molecular complexity index is 564. The highest BCUT2D eigenvalue weighted by atomic mass is 35.5. The summed E-state index contributed by atoms with van der Waals surface area (Å²) >= 11 is 5.66. The third-order valence-electron chi connectivity index (χ3n) is 4.55. The van der Waals surface area contributed by atoms with Crippen LogP contribution in [0.2, 0.25) is 5.02 Å². The fourth-order valence-corrected chi connectivity index (χ4v) is 3.40. The Morgan fingerprint density at radius 1 is 1.30 bits per heavy atom. The lowest BCUT2D eigenvalue weighted by Crippen LogP contribution is -2.45. The van der Waals surface area contributed by atoms with Crippen molar-refractivity contribution >= 4 is 17.5 Å². The van der Waals surface area contributed by atoms with E-state index in [4.69, 9.17) is 16.3 Å². The fourth-order valence-electron chi connectivity index (χ4n) is 3.28. The van der Waals surface area contributed by atoms with Crippen molar-refractivity contribution in [1.29, 1.82) is 0 Å². The van der Waals surface area contributed by atoms with Gasteiger partial charge in [-0.05, 0) is 25.0 Å². The molecule has 0 bridgehead atoms. The number of ether oxygens (including phenoxy) is 1. The first kappa shape index (κ1) is 16.5. The number of hydrogen-bond acceptors (Lipinski definition) is 3. The molecule has 1 aromatic rings. The van der Waals surface area contributed by atoms with E-state index in [9.17, 15) is 9.18 Å². The smallest absolute Gasteiger partial charge is 0.237 e. The summed E-state index contributed by atoms with van der Waals surface area (Å²) in [5, 5.41) is 6.39. The average molecular weight is 341 g/mol. The highest BCUT2D eigenvalue weighted by Crippen LogP contribution is 2.23. The van der Waals surface area contributed by atoms with Gasteiger partial charge in [-0.25, -0.2) is 4.39 Å². The van der Waals surface area contributed by atoms with Gasteiger partial charge in [0.25, 0.3) is 0 Å². The summed E-state index contributed by atoms with van der Waals surface area (Å²) in [6.45, 7) is 0.576. The van der Waals surface area contributed by atoms with Crippen molar-refractivity contribution in [2.24, 2.45) is 0 Å². The zero-order chi connectivity index (χ0) is 16.2. The summed E-state index contributed by atoms with van der Waals surface area (Å²) < 4.78 is 19.2. The molecule has 1 saturated heterocycles. The zero-order valence-electron chi connectivity index (χ0n) is 13.0. The van der Waals surface area contributed by atoms with Crippen molar-refractivity contribution in [1.82, 2.24) is 10.6 Å². The first-order valence-electron chi connectivity index (χ1n) is 8.27. The minimum absolute atomic E-state index is 0.0466. The molecule has 2 atom stereocenters. The topological polar surface area (TPSA) is 50.4 Å². The summed E-state index contributed by atoms with van der Waals surface area (Å²) in [6.07, 6.45) is 6.24. The van der Waals surface area contributed by atoms with Crippen LogP contribution < -0.4 is 15.4 Å². The maximum atomic E-state index is 13.4. The molecule has 1 heterocycles. The van der Waals surface area contributed by atoms with E-state index in [0.29, 0.717) is 24.8 Å². The van der Waals surface area contributed by atoms with Crippen molar-refractivity contribution in [2.75, 3.05) is 6.54 Å². The summed E-state index contributed by atoms with van der Waals surface area (Å²) in [7, 11) is 0. The van der Waals surface area contributed by atoms with E-state index in [1.165, 1.54) is 31.4 Å². The number of rotatable bonds is 4. The molecule has 23 heavy (non-hydrogen) atoms. The van der Waals surface area contributed by atoms with Gasteiger partial charge < -0.3 is 15.4 Å². The van der Waals surface area contributed by atoms with Gasteiger partial charge in [-0.1, -0.05) is 30.9 Å². The lowest BCUT2D eigenvalue weighted by atomic mass is 9.95. The number of amides is 1. The molecule has 1 aromatic carbocycles. The Morgan fingerprint density at radius 2 is 2.09 bits per heavy atom. The summed E-state index contributed by atoms with van der Waals surface area (Å²) in [5.74, 6) is -0.0148. The number of halogens is 2. The predicted molar refractivity (Wildman–Crippen MR) is 87.2 cm³/mol. The van der Waals surface area contributed by atoms with Crippen molar-refractivity contribution in [2.45, 2.75) is 56.7 Å². The van der Waals surface area contributed by atoms with Crippen LogP contribution in [0.1, 0.15) is 38.5 Å². The lowest BCUT2D eigenvalue weighted by molar-refractivity contribution is -0.123. The number of hydrogen-bond donors (Lipinski definition) is 2. The molecular formula is C17H22ClFN2O2. The zero-order valence-corrected chi connectivity index (χ0v) is 13.7. The maximum absolute atomic E-state index is 13.4. The molecule has 1 amide bonds. The van der Waals surface area contributed by atoms with Crippen LogP contribution in [0.4, 0.5) is 4.39 Å². The van der Waals surface area contributed by atoms with E-state index in [1.54, 1.807) is 6.07 Å². The second-order valence-corrected chi connectivity index (χ2v) is 6.76. The SMILES string of the molecule is O=C(NC1CCCCC1)[C@@H]1C[C@H](Oc2ccc(Cl)c(F)c2)CN1. The number of nitrogens with one attached hydrogen (secondary N) is 2. The molecule has 2 aliphatic rings. The molecule has 2 fully saturated rings. The van der Waals surface area contributed by atoms with E-state index < -0.39 is 5.82 Å². The van der Waals surface area contributed by atoms with Crippen LogP contribution in [-0.2, 0) is 4.79 Å². The normalized spacial score (nSPS) is 25.3. The molecule has 0 radical (unpaired) electrons. The van der Waals surface area contributed by atoms with Gasteiger partial charge in [-0.2, -0.15) is 0 Å². The van der Waals surface area contributed by atoms with Gasteiger partial charge in [-0.15, -0.1) is 0 Å². The molecule has 0 unspecified atom stereocenters. The Labute approximate surface area is 140 Å². The van der Waals surface area contributed by atoms with Crippen molar-refractivity contribution in [3.05, 3.63) is 29.0 Å². The molecule has 0 spiro atoms. The molecule has 6 heteroatoms. The second-order valence-electron chi connectivity index (χ2n) is 6.36. The van der Waals surface area contributed by atoms with Gasteiger partial charge in [0.15, 0.2) is 0 Å². The summed E-state index contributed by atoms with van der Waals surface area (Å²) in [5.41, 5.74) is 0. The molecule has 3 rings (SSSR count). The minimum Gasteiger partial charge on any atom is -0.489 e. The van der Waals surface area contributed by atoms with Gasteiger partial charge in [0.1, 0.15) is 17.7 Å². The Kier molecular flexibility index (Phi) is 5.38. The molecule has 126 valence electrons. The van der Waals surface area contributed by atoms with Gasteiger partial charge in [0, 0.05) is 25.1 Å². The summed E-state index contributed by atoms with van der Waals surface area (Å²) in [6, 6.07) is 4.46. The highest BCUT2D eigenvalue weighted by molar-refractivity contribution is 6.30. The molecule has 2 N–H and O–H groups in total. The van der Waals surface area contributed by atoms with Crippen LogP contribution in [0, 0.1) is 5.82 Å². The molecule has 1 saturated carbocycles. The predicted octanol–water partition coefficient (Wildman–Crippen LogP) is 3.04. The van der Waals surface area contributed by atoms with Crippen LogP contribution in [0.3, 0.4) is 0 Å². The van der Waals surface area contributed by atoms with Gasteiger partial charge in [0.2, 0.25) is 5.91 Å². The number of carbonyl (C=O) groups excluding carboxylic acids is 1. The van der Waals surface area contributed by atoms with Crippen LogP contribution in [0.15, 0.2) is 18.2 Å². The molecule has 0 aromatic heterocycles. The Hall–Kier alpha value is -1.33. The van der Waals surface area contributed by atoms with Gasteiger partial charge >= 0.3 is 0 Å².